The molecule has 6 nitrogen and oxygen atoms in total. The summed E-state index contributed by atoms with van der Waals surface area (Å²) in [5.41, 5.74) is 1.50. The van der Waals surface area contributed by atoms with Gasteiger partial charge in [-0.2, -0.15) is 0 Å². The Kier molecular flexibility index (Phi) is 5.21. The van der Waals surface area contributed by atoms with E-state index in [-0.39, 0.29) is 17.7 Å². The van der Waals surface area contributed by atoms with Crippen LogP contribution in [0.3, 0.4) is 0 Å². The number of hydrogen-bond acceptors (Lipinski definition) is 3. The van der Waals surface area contributed by atoms with Gasteiger partial charge < -0.3 is 14.8 Å². The number of rotatable bonds is 4. The van der Waals surface area contributed by atoms with E-state index in [2.05, 4.69) is 24.1 Å². The van der Waals surface area contributed by atoms with Gasteiger partial charge in [0.25, 0.3) is 5.91 Å². The van der Waals surface area contributed by atoms with Crippen molar-refractivity contribution < 1.29 is 9.59 Å². The van der Waals surface area contributed by atoms with Crippen molar-refractivity contribution in [3.05, 3.63) is 17.7 Å². The molecule has 24 heavy (non-hydrogen) atoms. The summed E-state index contributed by atoms with van der Waals surface area (Å²) in [6.07, 6.45) is 6.74. The van der Waals surface area contributed by atoms with Crippen LogP contribution in [0.15, 0.2) is 6.33 Å². The molecular formula is C18H28N4O2. The van der Waals surface area contributed by atoms with Gasteiger partial charge >= 0.3 is 0 Å². The highest BCUT2D eigenvalue weighted by molar-refractivity contribution is 5.93. The highest BCUT2D eigenvalue weighted by atomic mass is 16.2. The van der Waals surface area contributed by atoms with Crippen LogP contribution in [0.1, 0.15) is 55.7 Å². The number of likely N-dealkylation sites (tertiary alicyclic amines) is 1. The topological polar surface area (TPSA) is 67.2 Å². The molecule has 0 radical (unpaired) electrons. The highest BCUT2D eigenvalue weighted by Gasteiger charge is 2.31. The molecule has 1 saturated heterocycles. The summed E-state index contributed by atoms with van der Waals surface area (Å²) in [7, 11) is 0. The van der Waals surface area contributed by atoms with Crippen LogP contribution in [0, 0.1) is 11.8 Å². The third-order valence-electron chi connectivity index (χ3n) is 5.00. The zero-order valence-electron chi connectivity index (χ0n) is 14.8. The first-order chi connectivity index (χ1) is 11.6. The number of aromatic nitrogens is 2. The van der Waals surface area contributed by atoms with Crippen LogP contribution < -0.4 is 5.32 Å². The molecule has 0 saturated carbocycles. The molecule has 0 bridgehead atoms. The minimum absolute atomic E-state index is 0.0244. The number of carbonyl (C=O) groups excluding carboxylic acids is 2. The highest BCUT2D eigenvalue weighted by Crippen LogP contribution is 2.25. The second-order valence-corrected chi connectivity index (χ2v) is 7.42. The van der Waals surface area contributed by atoms with E-state index in [1.165, 1.54) is 6.42 Å². The summed E-state index contributed by atoms with van der Waals surface area (Å²) in [5.74, 6) is 0.619. The van der Waals surface area contributed by atoms with Gasteiger partial charge in [-0.25, -0.2) is 4.98 Å². The molecule has 2 amide bonds. The molecule has 1 unspecified atom stereocenters. The average molecular weight is 332 g/mol. The Labute approximate surface area is 143 Å². The zero-order valence-corrected chi connectivity index (χ0v) is 14.8. The van der Waals surface area contributed by atoms with E-state index in [1.54, 1.807) is 6.33 Å². The van der Waals surface area contributed by atoms with Crippen molar-refractivity contribution >= 4 is 11.8 Å². The maximum atomic E-state index is 12.7. The number of hydrogen-bond donors (Lipinski definition) is 1. The van der Waals surface area contributed by atoms with Crippen molar-refractivity contribution in [2.24, 2.45) is 11.8 Å². The second-order valence-electron chi connectivity index (χ2n) is 7.42. The van der Waals surface area contributed by atoms with Gasteiger partial charge in [-0.05, 0) is 38.0 Å². The molecule has 2 aliphatic rings. The van der Waals surface area contributed by atoms with Crippen LogP contribution in [-0.2, 0) is 17.8 Å². The van der Waals surface area contributed by atoms with Crippen molar-refractivity contribution in [1.29, 1.82) is 0 Å². The van der Waals surface area contributed by atoms with Gasteiger partial charge in [0.2, 0.25) is 5.91 Å². The SMILES string of the molecule is CC(C)CNC(=O)c1ncn2c1CCC(C(=O)N1CCCCC1)C2. The Balaban J connectivity index is 1.64. The van der Waals surface area contributed by atoms with E-state index in [0.29, 0.717) is 24.7 Å². The van der Waals surface area contributed by atoms with Crippen LogP contribution in [0.2, 0.25) is 0 Å². The van der Waals surface area contributed by atoms with E-state index in [1.807, 2.05) is 9.47 Å². The molecule has 1 atom stereocenters. The van der Waals surface area contributed by atoms with E-state index >= 15 is 0 Å². The van der Waals surface area contributed by atoms with Gasteiger partial charge in [0.15, 0.2) is 0 Å². The predicted molar refractivity (Wildman–Crippen MR) is 91.6 cm³/mol. The van der Waals surface area contributed by atoms with Crippen LogP contribution in [0.25, 0.3) is 0 Å². The monoisotopic (exact) mass is 332 g/mol. The molecule has 6 heteroatoms. The third-order valence-corrected chi connectivity index (χ3v) is 5.00. The van der Waals surface area contributed by atoms with Gasteiger partial charge in [-0.15, -0.1) is 0 Å². The van der Waals surface area contributed by atoms with E-state index in [9.17, 15) is 9.59 Å². The molecule has 1 N–H and O–H groups in total. The normalized spacial score (nSPS) is 20.8. The van der Waals surface area contributed by atoms with E-state index in [4.69, 9.17) is 0 Å². The minimum atomic E-state index is -0.0988. The smallest absolute Gasteiger partial charge is 0.271 e. The number of imidazole rings is 1. The summed E-state index contributed by atoms with van der Waals surface area (Å²) < 4.78 is 2.00. The average Bonchev–Trinajstić information content (AvgIpc) is 3.03. The Morgan fingerprint density at radius 1 is 1.29 bits per heavy atom. The summed E-state index contributed by atoms with van der Waals surface area (Å²) in [6, 6.07) is 0. The lowest BCUT2D eigenvalue weighted by Gasteiger charge is -2.32. The van der Waals surface area contributed by atoms with Crippen molar-refractivity contribution in [3.63, 3.8) is 0 Å². The van der Waals surface area contributed by atoms with Crippen LogP contribution in [0.4, 0.5) is 0 Å². The first kappa shape index (κ1) is 17.0. The first-order valence-electron chi connectivity index (χ1n) is 9.17. The Hall–Kier alpha value is -1.85. The fourth-order valence-corrected chi connectivity index (χ4v) is 3.61. The molecular weight excluding hydrogens is 304 g/mol. The molecule has 0 aliphatic carbocycles. The maximum Gasteiger partial charge on any atom is 0.271 e. The molecule has 0 spiro atoms. The number of piperidine rings is 1. The summed E-state index contributed by atoms with van der Waals surface area (Å²) in [4.78, 5) is 31.3. The number of fused-ring (bicyclic) bond motifs is 1. The summed E-state index contributed by atoms with van der Waals surface area (Å²) >= 11 is 0. The predicted octanol–water partition coefficient (Wildman–Crippen LogP) is 1.84. The number of nitrogens with zero attached hydrogens (tertiary/aromatic N) is 3. The van der Waals surface area contributed by atoms with Crippen molar-refractivity contribution in [3.8, 4) is 0 Å². The first-order valence-corrected chi connectivity index (χ1v) is 9.17. The van der Waals surface area contributed by atoms with Gasteiger partial charge in [0, 0.05) is 26.2 Å². The fourth-order valence-electron chi connectivity index (χ4n) is 3.61. The Morgan fingerprint density at radius 2 is 2.04 bits per heavy atom. The molecule has 3 rings (SSSR count). The largest absolute Gasteiger partial charge is 0.350 e. The van der Waals surface area contributed by atoms with Crippen LogP contribution >= 0.6 is 0 Å². The summed E-state index contributed by atoms with van der Waals surface area (Å²) in [6.45, 7) is 7.24. The standard InChI is InChI=1S/C18H28N4O2/c1-13(2)10-19-17(23)16-15-7-6-14(11-22(15)12-20-16)18(24)21-8-4-3-5-9-21/h12-14H,3-11H2,1-2H3,(H,19,23). The fraction of sp³-hybridized carbons (Fsp3) is 0.722. The molecule has 0 aromatic carbocycles. The molecule has 2 aliphatic heterocycles. The van der Waals surface area contributed by atoms with Crippen LogP contribution in [0.5, 0.6) is 0 Å². The number of nitrogens with one attached hydrogen (secondary N) is 1. The zero-order chi connectivity index (χ0) is 17.1. The Morgan fingerprint density at radius 3 is 2.75 bits per heavy atom. The summed E-state index contributed by atoms with van der Waals surface area (Å²) in [5, 5.41) is 2.93. The van der Waals surface area contributed by atoms with E-state index in [0.717, 1.165) is 44.5 Å². The van der Waals surface area contributed by atoms with Crippen molar-refractivity contribution in [2.75, 3.05) is 19.6 Å². The van der Waals surface area contributed by atoms with Crippen molar-refractivity contribution in [2.45, 2.75) is 52.5 Å². The second kappa shape index (κ2) is 7.36. The molecule has 3 heterocycles. The molecule has 1 aromatic rings. The lowest BCUT2D eigenvalue weighted by molar-refractivity contribution is -0.137. The van der Waals surface area contributed by atoms with Gasteiger partial charge in [0.05, 0.1) is 17.9 Å². The number of carbonyl (C=O) groups is 2. The van der Waals surface area contributed by atoms with Crippen molar-refractivity contribution in [1.82, 2.24) is 19.8 Å². The third kappa shape index (κ3) is 3.62. The van der Waals surface area contributed by atoms with Gasteiger partial charge in [-0.3, -0.25) is 9.59 Å². The van der Waals surface area contributed by atoms with Gasteiger partial charge in [0.1, 0.15) is 5.69 Å². The van der Waals surface area contributed by atoms with E-state index < -0.39 is 0 Å². The lowest BCUT2D eigenvalue weighted by atomic mass is 9.94. The molecule has 132 valence electrons. The number of amides is 2. The van der Waals surface area contributed by atoms with Gasteiger partial charge in [-0.1, -0.05) is 13.8 Å². The van der Waals surface area contributed by atoms with Crippen LogP contribution in [-0.4, -0.2) is 45.9 Å². The molecule has 1 fully saturated rings. The Bertz CT molecular complexity index is 602. The quantitative estimate of drug-likeness (QED) is 0.915. The molecule has 1 aromatic heterocycles. The minimum Gasteiger partial charge on any atom is -0.350 e. The lowest BCUT2D eigenvalue weighted by Crippen LogP contribution is -2.42. The maximum absolute atomic E-state index is 12.7.